The zero-order chi connectivity index (χ0) is 22.9. The van der Waals surface area contributed by atoms with Gasteiger partial charge in [0.15, 0.2) is 0 Å². The van der Waals surface area contributed by atoms with Gasteiger partial charge in [0.05, 0.1) is 23.4 Å². The molecular weight excluding hydrogens is 430 g/mol. The Morgan fingerprint density at radius 3 is 2.47 bits per heavy atom. The SMILES string of the molecule is COc1ccccc1N(C)S(=O)(=O)c1ccc(C(=O)N2CCc3ccc([NH+]=O)cc32)cc1. The number of rotatable bonds is 6. The van der Waals surface area contributed by atoms with Crippen molar-refractivity contribution in [3.63, 3.8) is 0 Å². The highest BCUT2D eigenvalue weighted by Crippen LogP contribution is 2.32. The fraction of sp³-hybridized carbons (Fsp3) is 0.174. The maximum Gasteiger partial charge on any atom is 0.264 e. The van der Waals surface area contributed by atoms with Crippen LogP contribution in [0.5, 0.6) is 5.75 Å². The highest BCUT2D eigenvalue weighted by Gasteiger charge is 2.28. The molecule has 0 saturated carbocycles. The van der Waals surface area contributed by atoms with E-state index < -0.39 is 10.0 Å². The van der Waals surface area contributed by atoms with Gasteiger partial charge in [-0.2, -0.15) is 0 Å². The third-order valence-corrected chi connectivity index (χ3v) is 7.31. The van der Waals surface area contributed by atoms with Crippen LogP contribution in [0, 0.1) is 4.91 Å². The predicted molar refractivity (Wildman–Crippen MR) is 121 cm³/mol. The summed E-state index contributed by atoms with van der Waals surface area (Å²) in [5, 5.41) is 1.84. The van der Waals surface area contributed by atoms with E-state index in [1.54, 1.807) is 41.3 Å². The van der Waals surface area contributed by atoms with Gasteiger partial charge in [-0.25, -0.2) is 8.42 Å². The number of carbonyl (C=O) groups excluding carboxylic acids is 1. The minimum Gasteiger partial charge on any atom is -0.495 e. The molecule has 1 aliphatic heterocycles. The third-order valence-electron chi connectivity index (χ3n) is 5.53. The lowest BCUT2D eigenvalue weighted by molar-refractivity contribution is -0.379. The smallest absolute Gasteiger partial charge is 0.264 e. The fourth-order valence-electron chi connectivity index (χ4n) is 3.76. The zero-order valence-electron chi connectivity index (χ0n) is 17.6. The summed E-state index contributed by atoms with van der Waals surface area (Å²) in [7, 11) is -0.926. The normalized spacial score (nSPS) is 12.9. The number of ether oxygens (including phenoxy) is 1. The van der Waals surface area contributed by atoms with Gasteiger partial charge in [0.25, 0.3) is 21.6 Å². The molecule has 0 aromatic heterocycles. The number of nitrogens with one attached hydrogen (secondary N) is 1. The Morgan fingerprint density at radius 1 is 1.06 bits per heavy atom. The number of methoxy groups -OCH3 is 1. The average Bonchev–Trinajstić information content (AvgIpc) is 3.26. The molecule has 0 radical (unpaired) electrons. The minimum absolute atomic E-state index is 0.0575. The van der Waals surface area contributed by atoms with Gasteiger partial charge in [-0.15, -0.1) is 0 Å². The van der Waals surface area contributed by atoms with Crippen LogP contribution in [0.25, 0.3) is 0 Å². The first-order valence-corrected chi connectivity index (χ1v) is 11.4. The van der Waals surface area contributed by atoms with Crippen LogP contribution in [0.15, 0.2) is 71.6 Å². The van der Waals surface area contributed by atoms with Crippen molar-refractivity contribution < 1.29 is 23.1 Å². The summed E-state index contributed by atoms with van der Waals surface area (Å²) in [5.41, 5.74) is 2.81. The van der Waals surface area contributed by atoms with Crippen molar-refractivity contribution in [3.05, 3.63) is 82.8 Å². The van der Waals surface area contributed by atoms with Crippen molar-refractivity contribution in [3.8, 4) is 5.75 Å². The summed E-state index contributed by atoms with van der Waals surface area (Å²) >= 11 is 0. The molecule has 0 unspecified atom stereocenters. The molecule has 1 N–H and O–H groups in total. The first-order chi connectivity index (χ1) is 15.4. The number of benzene rings is 3. The number of anilines is 2. The number of nitroso groups, excluding NO2 is 1. The molecule has 8 nitrogen and oxygen atoms in total. The second-order valence-corrected chi connectivity index (χ2v) is 9.29. The number of amides is 1. The van der Waals surface area contributed by atoms with Crippen molar-refractivity contribution in [1.82, 2.24) is 0 Å². The van der Waals surface area contributed by atoms with Crippen LogP contribution in [0.3, 0.4) is 0 Å². The van der Waals surface area contributed by atoms with E-state index in [2.05, 4.69) is 0 Å². The van der Waals surface area contributed by atoms with Crippen LogP contribution in [0.1, 0.15) is 15.9 Å². The number of hydrogen-bond acceptors (Lipinski definition) is 5. The van der Waals surface area contributed by atoms with Gasteiger partial charge in [0, 0.05) is 41.4 Å². The molecule has 0 saturated heterocycles. The third kappa shape index (κ3) is 3.71. The van der Waals surface area contributed by atoms with Crippen LogP contribution in [0.4, 0.5) is 17.1 Å². The summed E-state index contributed by atoms with van der Waals surface area (Å²) in [6.45, 7) is 0.493. The molecule has 1 amide bonds. The van der Waals surface area contributed by atoms with Crippen LogP contribution in [0.2, 0.25) is 0 Å². The van der Waals surface area contributed by atoms with Crippen molar-refractivity contribution in [2.75, 3.05) is 29.9 Å². The Kier molecular flexibility index (Phi) is 5.67. The van der Waals surface area contributed by atoms with E-state index in [0.29, 0.717) is 41.3 Å². The molecule has 3 aromatic carbocycles. The second-order valence-electron chi connectivity index (χ2n) is 7.32. The summed E-state index contributed by atoms with van der Waals surface area (Å²) in [6.07, 6.45) is 0.691. The molecule has 0 fully saturated rings. The molecule has 0 bridgehead atoms. The summed E-state index contributed by atoms with van der Waals surface area (Å²) < 4.78 is 32.6. The highest BCUT2D eigenvalue weighted by atomic mass is 32.2. The molecule has 1 aliphatic rings. The largest absolute Gasteiger partial charge is 0.495 e. The fourth-order valence-corrected chi connectivity index (χ4v) is 4.96. The summed E-state index contributed by atoms with van der Waals surface area (Å²) in [5.74, 6) is 0.179. The van der Waals surface area contributed by atoms with Gasteiger partial charge < -0.3 is 9.64 Å². The van der Waals surface area contributed by atoms with Gasteiger partial charge >= 0.3 is 0 Å². The molecule has 0 atom stereocenters. The van der Waals surface area contributed by atoms with Gasteiger partial charge in [-0.05, 0) is 48.4 Å². The van der Waals surface area contributed by atoms with E-state index in [-0.39, 0.29) is 10.8 Å². The topological polar surface area (TPSA) is 98.0 Å². The van der Waals surface area contributed by atoms with Gasteiger partial charge in [-0.3, -0.25) is 9.10 Å². The number of fused-ring (bicyclic) bond motifs is 1. The van der Waals surface area contributed by atoms with E-state index in [4.69, 9.17) is 4.74 Å². The van der Waals surface area contributed by atoms with Crippen molar-refractivity contribution in [2.45, 2.75) is 11.3 Å². The molecule has 0 aliphatic carbocycles. The Morgan fingerprint density at radius 2 is 1.78 bits per heavy atom. The number of nitrogens with zero attached hydrogens (tertiary/aromatic N) is 2. The standard InChI is InChI=1S/C23H21N3O5S/c1-25(20-5-3-4-6-22(20)31-2)32(29,30)19-11-8-17(9-12-19)23(27)26-14-13-16-7-10-18(24-28)15-21(16)26/h3-12,15H,13-14H2,1-2H3/p+1. The lowest BCUT2D eigenvalue weighted by atomic mass is 10.1. The molecular formula is C23H22N3O5S+. The van der Waals surface area contributed by atoms with Crippen LogP contribution in [-0.2, 0) is 16.4 Å². The molecule has 32 heavy (non-hydrogen) atoms. The highest BCUT2D eigenvalue weighted by molar-refractivity contribution is 7.92. The van der Waals surface area contributed by atoms with Crippen molar-refractivity contribution in [2.24, 2.45) is 0 Å². The number of para-hydroxylation sites is 2. The summed E-state index contributed by atoms with van der Waals surface area (Å²) in [6, 6.07) is 17.8. The van der Waals surface area contributed by atoms with E-state index in [1.165, 1.54) is 38.4 Å². The molecule has 164 valence electrons. The monoisotopic (exact) mass is 452 g/mol. The first kappa shape index (κ1) is 21.5. The van der Waals surface area contributed by atoms with Crippen LogP contribution < -0.4 is 19.1 Å². The quantitative estimate of drug-likeness (QED) is 0.618. The zero-order valence-corrected chi connectivity index (χ0v) is 18.4. The first-order valence-electron chi connectivity index (χ1n) is 9.92. The predicted octanol–water partition coefficient (Wildman–Crippen LogP) is 2.20. The van der Waals surface area contributed by atoms with Crippen molar-refractivity contribution in [1.29, 1.82) is 0 Å². The minimum atomic E-state index is -3.86. The van der Waals surface area contributed by atoms with Crippen LogP contribution >= 0.6 is 0 Å². The Balaban J connectivity index is 1.60. The number of sulfonamides is 1. The summed E-state index contributed by atoms with van der Waals surface area (Å²) in [4.78, 5) is 25.7. The van der Waals surface area contributed by atoms with Gasteiger partial charge in [-0.1, -0.05) is 18.2 Å². The Bertz CT molecular complexity index is 1290. The molecule has 9 heteroatoms. The second kappa shape index (κ2) is 8.43. The number of carbonyl (C=O) groups is 1. The Hall–Kier alpha value is -3.72. The van der Waals surface area contributed by atoms with Gasteiger partial charge in [0.1, 0.15) is 5.75 Å². The Labute approximate surface area is 186 Å². The van der Waals surface area contributed by atoms with Gasteiger partial charge in [0.2, 0.25) is 0 Å². The molecule has 4 rings (SSSR count). The number of hydrogen-bond donors (Lipinski definition) is 1. The van der Waals surface area contributed by atoms with E-state index >= 15 is 0 Å². The van der Waals surface area contributed by atoms with E-state index in [0.717, 1.165) is 9.87 Å². The lowest BCUT2D eigenvalue weighted by Crippen LogP contribution is -2.55. The van der Waals surface area contributed by atoms with E-state index in [1.807, 2.05) is 11.2 Å². The maximum absolute atomic E-state index is 13.1. The molecule has 3 aromatic rings. The van der Waals surface area contributed by atoms with E-state index in [9.17, 15) is 18.1 Å². The van der Waals surface area contributed by atoms with Crippen molar-refractivity contribution >= 4 is 33.0 Å². The molecule has 1 heterocycles. The molecule has 0 spiro atoms. The lowest BCUT2D eigenvalue weighted by Gasteiger charge is -2.22. The average molecular weight is 453 g/mol. The maximum atomic E-state index is 13.1. The van der Waals surface area contributed by atoms with Crippen LogP contribution in [-0.4, -0.2) is 35.0 Å².